The van der Waals surface area contributed by atoms with Gasteiger partial charge in [-0.25, -0.2) is 18.5 Å². The normalized spacial score (nSPS) is 27.2. The Bertz CT molecular complexity index is 995. The van der Waals surface area contributed by atoms with Crippen molar-refractivity contribution in [1.82, 2.24) is 9.55 Å². The number of ether oxygens (including phenoxy) is 1. The maximum Gasteiger partial charge on any atom is 0.536 e. The summed E-state index contributed by atoms with van der Waals surface area (Å²) in [6.45, 7) is 0. The van der Waals surface area contributed by atoms with Gasteiger partial charge in [0.15, 0.2) is 11.6 Å². The van der Waals surface area contributed by atoms with Crippen LogP contribution in [0.4, 0.5) is 5.82 Å². The molecular weight excluding hydrogens is 547 g/mol. The molecule has 2 heterocycles. The first-order chi connectivity index (χ1) is 13.5. The van der Waals surface area contributed by atoms with Gasteiger partial charge < -0.3 is 39.9 Å². The highest BCUT2D eigenvalue weighted by atomic mass is 79.9. The summed E-state index contributed by atoms with van der Waals surface area (Å²) >= 11 is 2.79. The van der Waals surface area contributed by atoms with Crippen molar-refractivity contribution in [2.75, 3.05) is 5.73 Å². The third-order valence-corrected chi connectivity index (χ3v) is 7.57. The van der Waals surface area contributed by atoms with Crippen LogP contribution in [0.5, 0.6) is 5.75 Å². The molecule has 0 aromatic carbocycles. The third kappa shape index (κ3) is 6.90. The molecule has 0 radical (unpaired) electrons. The van der Waals surface area contributed by atoms with Crippen LogP contribution in [0.2, 0.25) is 0 Å². The smallest absolute Gasteiger partial charge is 0.398 e. The van der Waals surface area contributed by atoms with Crippen molar-refractivity contribution in [2.24, 2.45) is 0 Å². The Morgan fingerprint density at radius 1 is 1.23 bits per heavy atom. The molecule has 6 atom stereocenters. The zero-order chi connectivity index (χ0) is 23.1. The van der Waals surface area contributed by atoms with Gasteiger partial charge >= 0.3 is 29.2 Å². The molecule has 1 saturated heterocycles. The maximum atomic E-state index is 12.0. The lowest BCUT2D eigenvalue weighted by Crippen LogP contribution is -2.31. The van der Waals surface area contributed by atoms with Crippen LogP contribution in [0.3, 0.4) is 0 Å². The minimum Gasteiger partial charge on any atom is -0.398 e. The van der Waals surface area contributed by atoms with Crippen molar-refractivity contribution in [3.05, 3.63) is 16.7 Å². The van der Waals surface area contributed by atoms with E-state index >= 15 is 0 Å². The van der Waals surface area contributed by atoms with E-state index in [1.165, 1.54) is 0 Å². The van der Waals surface area contributed by atoms with Gasteiger partial charge in [-0.3, -0.25) is 9.46 Å². The molecule has 0 saturated carbocycles. The van der Waals surface area contributed by atoms with Gasteiger partial charge in [-0.05, 0) is 0 Å². The van der Waals surface area contributed by atoms with E-state index in [-0.39, 0.29) is 6.42 Å². The predicted octanol–water partition coefficient (Wildman–Crippen LogP) is -1.11. The number of nitrogen functional groups attached to an aromatic ring is 1. The molecule has 3 unspecified atom stereocenters. The first-order valence-corrected chi connectivity index (χ1v) is 12.8. The molecule has 21 heteroatoms. The number of phosphoric ester groups is 1. The van der Waals surface area contributed by atoms with Gasteiger partial charge in [0.05, 0.1) is 12.3 Å². The van der Waals surface area contributed by atoms with Gasteiger partial charge in [0.2, 0.25) is 0 Å². The molecule has 1 aromatic heterocycles. The number of alkyl halides is 1. The van der Waals surface area contributed by atoms with Crippen LogP contribution in [0.15, 0.2) is 11.0 Å². The van der Waals surface area contributed by atoms with Crippen LogP contribution in [0, 0.1) is 0 Å². The van der Waals surface area contributed by atoms with Crippen molar-refractivity contribution < 1.29 is 61.4 Å². The molecule has 8 N–H and O–H groups in total. The molecular formula is C9H15BrN3O14P3. The summed E-state index contributed by atoms with van der Waals surface area (Å²) in [4.78, 5) is 51.0. The van der Waals surface area contributed by atoms with Gasteiger partial charge in [-0.15, -0.1) is 0 Å². The Morgan fingerprint density at radius 3 is 2.33 bits per heavy atom. The van der Waals surface area contributed by atoms with Crippen LogP contribution >= 0.6 is 39.4 Å². The zero-order valence-corrected chi connectivity index (χ0v) is 18.5. The Morgan fingerprint density at radius 2 is 1.83 bits per heavy atom. The van der Waals surface area contributed by atoms with Gasteiger partial charge in [0.1, 0.15) is 17.3 Å². The van der Waals surface area contributed by atoms with Gasteiger partial charge in [-0.2, -0.15) is 13.6 Å². The Labute approximate surface area is 174 Å². The van der Waals surface area contributed by atoms with E-state index in [4.69, 9.17) is 25.2 Å². The second-order valence-electron chi connectivity index (χ2n) is 5.59. The Kier molecular flexibility index (Phi) is 7.69. The molecule has 1 fully saturated rings. The van der Waals surface area contributed by atoms with Gasteiger partial charge in [-0.1, -0.05) is 15.9 Å². The second-order valence-corrected chi connectivity index (χ2v) is 10.9. The van der Waals surface area contributed by atoms with Crippen LogP contribution < -0.4 is 15.9 Å². The average Bonchev–Trinajstić information content (AvgIpc) is 2.87. The SMILES string of the molecule is Nc1nc(=O)n([C@H]2C[C@H](O)[C@@H](C(O)Br)O2)cc1OP(=O)(O)OP(=O)(O)OP(=O)(O)O. The number of nitrogens with two attached hydrogens (primary N) is 1. The molecule has 0 spiro atoms. The van der Waals surface area contributed by atoms with Crippen molar-refractivity contribution in [1.29, 1.82) is 0 Å². The first-order valence-electron chi connectivity index (χ1n) is 7.37. The van der Waals surface area contributed by atoms with E-state index in [0.717, 1.165) is 0 Å². The fourth-order valence-corrected chi connectivity index (χ4v) is 5.76. The van der Waals surface area contributed by atoms with Crippen molar-refractivity contribution in [2.45, 2.75) is 29.9 Å². The number of aliphatic hydroxyl groups excluding tert-OH is 2. The third-order valence-electron chi connectivity index (χ3n) is 3.29. The molecule has 0 amide bonds. The Balaban J connectivity index is 2.28. The molecule has 1 aromatic rings. The topological polar surface area (TPSA) is 270 Å². The average molecular weight is 562 g/mol. The molecule has 1 aliphatic heterocycles. The Hall–Kier alpha value is -0.710. The number of aliphatic hydroxyl groups is 2. The summed E-state index contributed by atoms with van der Waals surface area (Å²) in [6.07, 6.45) is -3.09. The molecule has 2 rings (SSSR count). The number of hydrogen-bond donors (Lipinski definition) is 7. The van der Waals surface area contributed by atoms with Gasteiger partial charge in [0.25, 0.3) is 0 Å². The molecule has 0 bridgehead atoms. The fraction of sp³-hybridized carbons (Fsp3) is 0.556. The number of nitrogens with zero attached hydrogens (tertiary/aromatic N) is 2. The molecule has 1 aliphatic rings. The largest absolute Gasteiger partial charge is 0.536 e. The highest BCUT2D eigenvalue weighted by Gasteiger charge is 2.43. The number of rotatable bonds is 8. The number of phosphoric acid groups is 3. The highest BCUT2D eigenvalue weighted by molar-refractivity contribution is 9.09. The highest BCUT2D eigenvalue weighted by Crippen LogP contribution is 2.66. The molecule has 172 valence electrons. The second kappa shape index (κ2) is 9.03. The van der Waals surface area contributed by atoms with Crippen LogP contribution in [0.1, 0.15) is 12.6 Å². The zero-order valence-electron chi connectivity index (χ0n) is 14.2. The lowest BCUT2D eigenvalue weighted by molar-refractivity contribution is -0.0545. The lowest BCUT2D eigenvalue weighted by atomic mass is 10.2. The number of anilines is 1. The minimum atomic E-state index is -5.78. The summed E-state index contributed by atoms with van der Waals surface area (Å²) in [7, 11) is -17.0. The van der Waals surface area contributed by atoms with Crippen molar-refractivity contribution >= 4 is 45.2 Å². The summed E-state index contributed by atoms with van der Waals surface area (Å²) in [6, 6.07) is 0. The monoisotopic (exact) mass is 561 g/mol. The van der Waals surface area contributed by atoms with Crippen LogP contribution in [0.25, 0.3) is 0 Å². The summed E-state index contributed by atoms with van der Waals surface area (Å²) < 4.78 is 51.4. The predicted molar refractivity (Wildman–Crippen MR) is 96.9 cm³/mol. The quantitative estimate of drug-likeness (QED) is 0.146. The van der Waals surface area contributed by atoms with E-state index < -0.39 is 64.2 Å². The lowest BCUT2D eigenvalue weighted by Gasteiger charge is -2.19. The van der Waals surface area contributed by atoms with Crippen molar-refractivity contribution in [3.63, 3.8) is 0 Å². The minimum absolute atomic E-state index is 0.215. The van der Waals surface area contributed by atoms with E-state index in [1.54, 1.807) is 0 Å². The summed E-state index contributed by atoms with van der Waals surface area (Å²) in [5.41, 5.74) is 4.35. The first kappa shape index (κ1) is 25.5. The van der Waals surface area contributed by atoms with Crippen molar-refractivity contribution in [3.8, 4) is 5.75 Å². The standard InChI is InChI=1S/C9H15BrN3O14P3/c10-7(15)6-3(14)1-5(24-6)13-2-4(8(11)12-9(13)16)25-29(20,21)27-30(22,23)26-28(17,18)19/h2-3,5-7,14-15H,1H2,(H,20,21)(H,22,23)(H2,11,12,16)(H2,17,18,19)/t3-,5+,6-,7?/m0/s1. The van der Waals surface area contributed by atoms with Crippen LogP contribution in [-0.2, 0) is 27.1 Å². The number of aromatic nitrogens is 2. The number of hydrogen-bond acceptors (Lipinski definition) is 12. The van der Waals surface area contributed by atoms with E-state index in [9.17, 15) is 33.6 Å². The van der Waals surface area contributed by atoms with E-state index in [2.05, 4.69) is 34.1 Å². The van der Waals surface area contributed by atoms with Gasteiger partial charge in [0, 0.05) is 6.42 Å². The molecule has 17 nitrogen and oxygen atoms in total. The summed E-state index contributed by atoms with van der Waals surface area (Å²) in [5.74, 6) is -1.61. The maximum absolute atomic E-state index is 12.0. The van der Waals surface area contributed by atoms with E-state index in [1.807, 2.05) is 0 Å². The van der Waals surface area contributed by atoms with Crippen LogP contribution in [-0.4, -0.2) is 56.6 Å². The molecule has 0 aliphatic carbocycles. The van der Waals surface area contributed by atoms with E-state index in [0.29, 0.717) is 10.8 Å². The number of halogens is 1. The molecule has 30 heavy (non-hydrogen) atoms. The summed E-state index contributed by atoms with van der Waals surface area (Å²) in [5, 5.41) is 18.1. The fourth-order valence-electron chi connectivity index (χ4n) is 2.26.